The van der Waals surface area contributed by atoms with Crippen LogP contribution in [0.2, 0.25) is 0 Å². The summed E-state index contributed by atoms with van der Waals surface area (Å²) in [5, 5.41) is 14.7. The highest BCUT2D eigenvalue weighted by Gasteiger charge is 2.16. The van der Waals surface area contributed by atoms with Crippen LogP contribution in [-0.4, -0.2) is 27.8 Å². The number of carbonyl (C=O) groups is 3. The van der Waals surface area contributed by atoms with Gasteiger partial charge in [0.1, 0.15) is 11.6 Å². The Morgan fingerprint density at radius 3 is 2.44 bits per heavy atom. The fourth-order valence-electron chi connectivity index (χ4n) is 3.38. The van der Waals surface area contributed by atoms with Crippen LogP contribution in [0.1, 0.15) is 47.8 Å². The second-order valence-corrected chi connectivity index (χ2v) is 7.87. The molecule has 0 saturated carbocycles. The third-order valence-corrected chi connectivity index (χ3v) is 5.06. The summed E-state index contributed by atoms with van der Waals surface area (Å²) in [7, 11) is 0. The Kier molecular flexibility index (Phi) is 8.45. The average molecular weight is 464 g/mol. The first kappa shape index (κ1) is 24.6. The molecule has 1 heterocycles. The first-order valence-corrected chi connectivity index (χ1v) is 11.0. The van der Waals surface area contributed by atoms with Crippen molar-refractivity contribution in [2.75, 3.05) is 10.6 Å². The van der Waals surface area contributed by atoms with Gasteiger partial charge in [-0.3, -0.25) is 19.4 Å². The summed E-state index contributed by atoms with van der Waals surface area (Å²) in [6.45, 7) is 1.92. The van der Waals surface area contributed by atoms with E-state index in [9.17, 15) is 18.8 Å². The fraction of sp³-hybridized carbons (Fsp3) is 0.231. The zero-order chi connectivity index (χ0) is 24.5. The Morgan fingerprint density at radius 2 is 1.76 bits per heavy atom. The molecule has 0 bridgehead atoms. The molecule has 0 aliphatic heterocycles. The van der Waals surface area contributed by atoms with Crippen molar-refractivity contribution >= 4 is 34.7 Å². The number of aryl methyl sites for hydroxylation is 1. The van der Waals surface area contributed by atoms with Gasteiger partial charge in [0.2, 0.25) is 0 Å². The third kappa shape index (κ3) is 7.23. The van der Waals surface area contributed by atoms with Crippen molar-refractivity contribution in [3.05, 3.63) is 83.4 Å². The van der Waals surface area contributed by atoms with Gasteiger partial charge in [-0.15, -0.1) is 0 Å². The van der Waals surface area contributed by atoms with E-state index in [1.54, 1.807) is 42.5 Å². The maximum absolute atomic E-state index is 13.7. The lowest BCUT2D eigenvalue weighted by atomic mass is 10.1. The zero-order valence-corrected chi connectivity index (χ0v) is 18.8. The highest BCUT2D eigenvalue weighted by atomic mass is 19.1. The fourth-order valence-corrected chi connectivity index (χ4v) is 3.38. The topological polar surface area (TPSA) is 108 Å². The quantitative estimate of drug-likeness (QED) is 0.363. The highest BCUT2D eigenvalue weighted by Crippen LogP contribution is 2.24. The monoisotopic (exact) mass is 463 g/mol. The van der Waals surface area contributed by atoms with Crippen molar-refractivity contribution < 1.29 is 23.9 Å². The summed E-state index contributed by atoms with van der Waals surface area (Å²) in [6.07, 6.45) is 3.15. The molecule has 7 nitrogen and oxygen atoms in total. The summed E-state index contributed by atoms with van der Waals surface area (Å²) in [6, 6.07) is 14.4. The lowest BCUT2D eigenvalue weighted by molar-refractivity contribution is -0.137. The Hall–Kier alpha value is -4.07. The minimum absolute atomic E-state index is 0.0274. The van der Waals surface area contributed by atoms with Gasteiger partial charge in [-0.2, -0.15) is 0 Å². The number of carboxylic acids is 1. The van der Waals surface area contributed by atoms with Gasteiger partial charge in [0.15, 0.2) is 0 Å². The van der Waals surface area contributed by atoms with E-state index in [2.05, 4.69) is 15.6 Å². The minimum Gasteiger partial charge on any atom is -0.481 e. The van der Waals surface area contributed by atoms with Gasteiger partial charge >= 0.3 is 5.97 Å². The molecule has 2 aromatic carbocycles. The van der Waals surface area contributed by atoms with Crippen molar-refractivity contribution in [1.29, 1.82) is 0 Å². The van der Waals surface area contributed by atoms with Crippen molar-refractivity contribution in [2.45, 2.75) is 39.0 Å². The number of amides is 1. The van der Waals surface area contributed by atoms with Crippen LogP contribution in [0.5, 0.6) is 0 Å². The first-order chi connectivity index (χ1) is 16.3. The standard InChI is InChI=1S/C26H26FN3O4/c1-2-4-22(31)14-21-15-24(29-20-6-3-5-18(27)13-20)23(16-28-21)26(34)30-19-10-7-17(8-11-19)9-12-25(32)33/h3,5-8,10-11,13,15-16H,2,4,9,12,14H2,1H3,(H,28,29)(H,30,34)(H,32,33). The summed E-state index contributed by atoms with van der Waals surface area (Å²) < 4.78 is 13.7. The molecule has 0 atom stereocenters. The van der Waals surface area contributed by atoms with Gasteiger partial charge in [0, 0.05) is 42.5 Å². The molecule has 0 aliphatic rings. The van der Waals surface area contributed by atoms with E-state index in [0.29, 0.717) is 35.6 Å². The van der Waals surface area contributed by atoms with Gasteiger partial charge in [-0.25, -0.2) is 4.39 Å². The molecule has 176 valence electrons. The lowest BCUT2D eigenvalue weighted by Crippen LogP contribution is -2.15. The molecular weight excluding hydrogens is 437 g/mol. The Balaban J connectivity index is 1.82. The van der Waals surface area contributed by atoms with E-state index in [0.717, 1.165) is 12.0 Å². The number of anilines is 3. The van der Waals surface area contributed by atoms with Crippen molar-refractivity contribution in [1.82, 2.24) is 4.98 Å². The second kappa shape index (κ2) is 11.7. The minimum atomic E-state index is -0.872. The molecule has 3 aromatic rings. The van der Waals surface area contributed by atoms with Crippen LogP contribution in [-0.2, 0) is 22.4 Å². The number of carbonyl (C=O) groups excluding carboxylic acids is 2. The van der Waals surface area contributed by atoms with Crippen molar-refractivity contribution in [3.63, 3.8) is 0 Å². The van der Waals surface area contributed by atoms with E-state index in [4.69, 9.17) is 5.11 Å². The van der Waals surface area contributed by atoms with Crippen LogP contribution in [0.15, 0.2) is 60.8 Å². The summed E-state index contributed by atoms with van der Waals surface area (Å²) in [5.74, 6) is -1.68. The lowest BCUT2D eigenvalue weighted by Gasteiger charge is -2.14. The molecule has 3 rings (SSSR count). The maximum atomic E-state index is 13.7. The molecule has 0 fully saturated rings. The molecule has 34 heavy (non-hydrogen) atoms. The van der Waals surface area contributed by atoms with E-state index in [-0.39, 0.29) is 24.2 Å². The van der Waals surface area contributed by atoms with Crippen LogP contribution in [0.25, 0.3) is 0 Å². The van der Waals surface area contributed by atoms with Gasteiger partial charge in [-0.1, -0.05) is 25.1 Å². The van der Waals surface area contributed by atoms with Crippen LogP contribution < -0.4 is 10.6 Å². The first-order valence-electron chi connectivity index (χ1n) is 11.0. The van der Waals surface area contributed by atoms with Gasteiger partial charge in [-0.05, 0) is 54.8 Å². The summed E-state index contributed by atoms with van der Waals surface area (Å²) in [4.78, 5) is 40.1. The number of aliphatic carboxylic acids is 1. The van der Waals surface area contributed by atoms with Crippen LogP contribution in [0.4, 0.5) is 21.5 Å². The molecule has 8 heteroatoms. The van der Waals surface area contributed by atoms with E-state index in [1.807, 2.05) is 6.92 Å². The predicted octanol–water partition coefficient (Wildman–Crippen LogP) is 5.15. The largest absolute Gasteiger partial charge is 0.481 e. The molecule has 0 unspecified atom stereocenters. The normalized spacial score (nSPS) is 10.5. The Labute approximate surface area is 197 Å². The SMILES string of the molecule is CCCC(=O)Cc1cc(Nc2cccc(F)c2)c(C(=O)Nc2ccc(CCC(=O)O)cc2)cn1. The summed E-state index contributed by atoms with van der Waals surface area (Å²) in [5.41, 5.74) is 2.96. The molecule has 1 aromatic heterocycles. The third-order valence-electron chi connectivity index (χ3n) is 5.06. The molecular formula is C26H26FN3O4. The van der Waals surface area contributed by atoms with Crippen LogP contribution >= 0.6 is 0 Å². The number of carboxylic acid groups (broad SMARTS) is 1. The number of pyridine rings is 1. The number of rotatable bonds is 11. The van der Waals surface area contributed by atoms with Gasteiger partial charge < -0.3 is 15.7 Å². The smallest absolute Gasteiger partial charge is 0.303 e. The highest BCUT2D eigenvalue weighted by molar-refractivity contribution is 6.08. The van der Waals surface area contributed by atoms with Crippen LogP contribution in [0.3, 0.4) is 0 Å². The van der Waals surface area contributed by atoms with Crippen molar-refractivity contribution in [2.24, 2.45) is 0 Å². The number of benzene rings is 2. The number of ketones is 1. The number of Topliss-reactive ketones (excluding diaryl/α,β-unsaturated/α-hetero) is 1. The van der Waals surface area contributed by atoms with E-state index >= 15 is 0 Å². The maximum Gasteiger partial charge on any atom is 0.303 e. The zero-order valence-electron chi connectivity index (χ0n) is 18.8. The number of hydrogen-bond acceptors (Lipinski definition) is 5. The molecule has 0 aliphatic carbocycles. The molecule has 0 radical (unpaired) electrons. The average Bonchev–Trinajstić information content (AvgIpc) is 2.79. The van der Waals surface area contributed by atoms with Crippen LogP contribution in [0, 0.1) is 5.82 Å². The van der Waals surface area contributed by atoms with E-state index in [1.165, 1.54) is 18.3 Å². The number of halogens is 1. The molecule has 0 spiro atoms. The Bertz CT molecular complexity index is 1180. The predicted molar refractivity (Wildman–Crippen MR) is 128 cm³/mol. The molecule has 0 saturated heterocycles. The molecule has 3 N–H and O–H groups in total. The van der Waals surface area contributed by atoms with Gasteiger partial charge in [0.05, 0.1) is 11.3 Å². The number of nitrogens with one attached hydrogen (secondary N) is 2. The number of aromatic nitrogens is 1. The molecule has 1 amide bonds. The van der Waals surface area contributed by atoms with Gasteiger partial charge in [0.25, 0.3) is 5.91 Å². The van der Waals surface area contributed by atoms with Crippen molar-refractivity contribution in [3.8, 4) is 0 Å². The second-order valence-electron chi connectivity index (χ2n) is 7.87. The Morgan fingerprint density at radius 1 is 1.00 bits per heavy atom. The number of hydrogen-bond donors (Lipinski definition) is 3. The van der Waals surface area contributed by atoms with E-state index < -0.39 is 17.7 Å². The summed E-state index contributed by atoms with van der Waals surface area (Å²) >= 11 is 0. The number of nitrogens with zero attached hydrogens (tertiary/aromatic N) is 1.